The fourth-order valence-corrected chi connectivity index (χ4v) is 4.60. The van der Waals surface area contributed by atoms with E-state index in [1.807, 2.05) is 13.8 Å². The van der Waals surface area contributed by atoms with Gasteiger partial charge in [0.05, 0.1) is 0 Å². The molecule has 0 heterocycles. The summed E-state index contributed by atoms with van der Waals surface area (Å²) in [5.74, 6) is 0. The Morgan fingerprint density at radius 1 is 1.00 bits per heavy atom. The van der Waals surface area contributed by atoms with E-state index in [9.17, 15) is 0 Å². The van der Waals surface area contributed by atoms with Crippen LogP contribution in [0.15, 0.2) is 0 Å². The van der Waals surface area contributed by atoms with Crippen LogP contribution in [-0.2, 0) is 8.53 Å². The van der Waals surface area contributed by atoms with Gasteiger partial charge in [0, 0.05) is 6.61 Å². The van der Waals surface area contributed by atoms with Gasteiger partial charge in [-0.25, -0.2) is 0 Å². The van der Waals surface area contributed by atoms with Crippen molar-refractivity contribution in [3.05, 3.63) is 0 Å². The molecule has 0 aromatic carbocycles. The predicted octanol–water partition coefficient (Wildman–Crippen LogP) is 3.98. The van der Waals surface area contributed by atoms with E-state index < -0.39 is 14.5 Å². The molecule has 0 aliphatic carbocycles. The summed E-state index contributed by atoms with van der Waals surface area (Å²) in [5.41, 5.74) is 0. The minimum absolute atomic E-state index is 0.0142. The summed E-state index contributed by atoms with van der Waals surface area (Å²) >= 11 is -0.984. The molecule has 0 saturated carbocycles. The van der Waals surface area contributed by atoms with E-state index in [-0.39, 0.29) is 6.29 Å². The van der Waals surface area contributed by atoms with E-state index in [2.05, 4.69) is 13.8 Å². The van der Waals surface area contributed by atoms with Crippen molar-refractivity contribution < 1.29 is 8.53 Å². The van der Waals surface area contributed by atoms with Gasteiger partial charge in [-0.05, 0) is 13.8 Å². The molecule has 2 nitrogen and oxygen atoms in total. The van der Waals surface area contributed by atoms with Gasteiger partial charge in [0.1, 0.15) is 6.29 Å². The molecular formula is C12H27AlO2. The molecule has 0 aliphatic rings. The van der Waals surface area contributed by atoms with Crippen LogP contribution in [0, 0.1) is 0 Å². The maximum absolute atomic E-state index is 6.01. The second kappa shape index (κ2) is 11.0. The molecule has 0 spiro atoms. The van der Waals surface area contributed by atoms with Crippen molar-refractivity contribution in [3.8, 4) is 0 Å². The Balaban J connectivity index is 3.76. The second-order valence-corrected chi connectivity index (χ2v) is 6.74. The highest BCUT2D eigenvalue weighted by molar-refractivity contribution is 6.51. The first-order valence-corrected chi connectivity index (χ1v) is 8.62. The highest BCUT2D eigenvalue weighted by Gasteiger charge is 2.21. The Bertz CT molecular complexity index is 123. The second-order valence-electron chi connectivity index (χ2n) is 4.07. The molecule has 0 aromatic rings. The average Bonchev–Trinajstić information content (AvgIpc) is 2.22. The van der Waals surface area contributed by atoms with Crippen LogP contribution in [0.1, 0.15) is 53.4 Å². The number of rotatable bonds is 10. The van der Waals surface area contributed by atoms with E-state index in [1.165, 1.54) is 36.2 Å². The van der Waals surface area contributed by atoms with Crippen LogP contribution < -0.4 is 0 Å². The molecule has 0 saturated heterocycles. The predicted molar refractivity (Wildman–Crippen MR) is 67.4 cm³/mol. The van der Waals surface area contributed by atoms with Crippen LogP contribution in [0.5, 0.6) is 0 Å². The van der Waals surface area contributed by atoms with Crippen LogP contribution in [-0.4, -0.2) is 27.4 Å². The minimum Gasteiger partial charge on any atom is -0.478 e. The normalized spacial score (nSPS) is 12.8. The van der Waals surface area contributed by atoms with Gasteiger partial charge < -0.3 is 8.53 Å². The van der Waals surface area contributed by atoms with Crippen molar-refractivity contribution in [2.24, 2.45) is 0 Å². The molecule has 0 N–H and O–H groups in total. The Hall–Kier alpha value is 0.452. The van der Waals surface area contributed by atoms with Gasteiger partial charge in [-0.2, -0.15) is 0 Å². The Labute approximate surface area is 100 Å². The van der Waals surface area contributed by atoms with Gasteiger partial charge in [-0.3, -0.25) is 0 Å². The van der Waals surface area contributed by atoms with Crippen molar-refractivity contribution >= 4 is 14.5 Å². The molecule has 3 heteroatoms. The zero-order valence-electron chi connectivity index (χ0n) is 10.9. The molecule has 0 aliphatic heterocycles. The summed E-state index contributed by atoms with van der Waals surface area (Å²) in [6.07, 6.45) is 5.21. The topological polar surface area (TPSA) is 18.5 Å². The zero-order chi connectivity index (χ0) is 11.5. The third kappa shape index (κ3) is 9.39. The van der Waals surface area contributed by atoms with Crippen molar-refractivity contribution in [1.82, 2.24) is 0 Å². The van der Waals surface area contributed by atoms with Crippen molar-refractivity contribution in [2.75, 3.05) is 6.61 Å². The quantitative estimate of drug-likeness (QED) is 0.417. The summed E-state index contributed by atoms with van der Waals surface area (Å²) in [6, 6.07) is 0. The lowest BCUT2D eigenvalue weighted by Crippen LogP contribution is -2.25. The lowest BCUT2D eigenvalue weighted by Gasteiger charge is -2.19. The molecular weight excluding hydrogens is 203 g/mol. The van der Waals surface area contributed by atoms with Gasteiger partial charge in [-0.15, -0.1) is 0 Å². The SMILES string of the molecule is CCC[CH2][Al]([CH2]CCC)[O]C(C)OCC. The lowest BCUT2D eigenvalue weighted by molar-refractivity contribution is -0.0645. The van der Waals surface area contributed by atoms with Gasteiger partial charge in [0.25, 0.3) is 0 Å². The molecule has 0 radical (unpaired) electrons. The third-order valence-electron chi connectivity index (χ3n) is 2.54. The van der Waals surface area contributed by atoms with Crippen LogP contribution in [0.2, 0.25) is 10.6 Å². The van der Waals surface area contributed by atoms with Crippen LogP contribution in [0.25, 0.3) is 0 Å². The molecule has 1 unspecified atom stereocenters. The van der Waals surface area contributed by atoms with Gasteiger partial charge in [0.2, 0.25) is 0 Å². The molecule has 15 heavy (non-hydrogen) atoms. The Morgan fingerprint density at radius 3 is 1.93 bits per heavy atom. The van der Waals surface area contributed by atoms with Gasteiger partial charge >= 0.3 is 14.5 Å². The molecule has 1 atom stereocenters. The third-order valence-corrected chi connectivity index (χ3v) is 5.42. The first-order chi connectivity index (χ1) is 7.24. The maximum Gasteiger partial charge on any atom is 0.462 e. The highest BCUT2D eigenvalue weighted by Crippen LogP contribution is 2.13. The zero-order valence-corrected chi connectivity index (χ0v) is 12.1. The van der Waals surface area contributed by atoms with Gasteiger partial charge in [0.15, 0.2) is 0 Å². The van der Waals surface area contributed by atoms with Crippen molar-refractivity contribution in [3.63, 3.8) is 0 Å². The minimum atomic E-state index is -0.984. The smallest absolute Gasteiger partial charge is 0.462 e. The summed E-state index contributed by atoms with van der Waals surface area (Å²) < 4.78 is 11.5. The molecule has 90 valence electrons. The summed E-state index contributed by atoms with van der Waals surface area (Å²) in [5, 5.41) is 2.63. The number of hydrogen-bond acceptors (Lipinski definition) is 2. The van der Waals surface area contributed by atoms with E-state index in [0.717, 1.165) is 6.61 Å². The molecule has 0 rings (SSSR count). The standard InChI is InChI=1S/C4H9O2.2C4H9.Al/c1-3-6-4(2)5;2*1-3-4-2;/h4H,3H2,1-2H3;2*1,3-4H2,2H3;/q-1;;;+1. The van der Waals surface area contributed by atoms with Crippen LogP contribution >= 0.6 is 0 Å². The highest BCUT2D eigenvalue weighted by atomic mass is 27.2. The van der Waals surface area contributed by atoms with Crippen LogP contribution in [0.3, 0.4) is 0 Å². The monoisotopic (exact) mass is 230 g/mol. The molecule has 0 bridgehead atoms. The largest absolute Gasteiger partial charge is 0.478 e. The Morgan fingerprint density at radius 2 is 1.53 bits per heavy atom. The van der Waals surface area contributed by atoms with E-state index >= 15 is 0 Å². The average molecular weight is 230 g/mol. The van der Waals surface area contributed by atoms with Crippen molar-refractivity contribution in [1.29, 1.82) is 0 Å². The fourth-order valence-electron chi connectivity index (χ4n) is 1.69. The van der Waals surface area contributed by atoms with Gasteiger partial charge in [-0.1, -0.05) is 50.1 Å². The van der Waals surface area contributed by atoms with E-state index in [0.29, 0.717) is 0 Å². The summed E-state index contributed by atoms with van der Waals surface area (Å²) in [4.78, 5) is 0. The number of ether oxygens (including phenoxy) is 1. The van der Waals surface area contributed by atoms with E-state index in [1.54, 1.807) is 0 Å². The first kappa shape index (κ1) is 15.5. The molecule has 0 fully saturated rings. The Kier molecular flexibility index (Phi) is 11.3. The summed E-state index contributed by atoms with van der Waals surface area (Å²) in [7, 11) is 0. The first-order valence-electron chi connectivity index (χ1n) is 6.51. The lowest BCUT2D eigenvalue weighted by atomic mass is 10.4. The van der Waals surface area contributed by atoms with E-state index in [4.69, 9.17) is 8.53 Å². The van der Waals surface area contributed by atoms with Crippen molar-refractivity contribution in [2.45, 2.75) is 70.2 Å². The molecule has 0 amide bonds. The number of unbranched alkanes of at least 4 members (excludes halogenated alkanes) is 2. The summed E-state index contributed by atoms with van der Waals surface area (Å²) in [6.45, 7) is 9.30. The molecule has 0 aromatic heterocycles. The number of hydrogen-bond donors (Lipinski definition) is 0. The fraction of sp³-hybridized carbons (Fsp3) is 1.00. The van der Waals surface area contributed by atoms with Crippen LogP contribution in [0.4, 0.5) is 0 Å². The maximum atomic E-state index is 6.01.